The van der Waals surface area contributed by atoms with Crippen molar-refractivity contribution in [3.05, 3.63) is 33.3 Å². The van der Waals surface area contributed by atoms with Crippen molar-refractivity contribution in [3.63, 3.8) is 0 Å². The lowest BCUT2D eigenvalue weighted by Gasteiger charge is -2.20. The molecule has 0 fully saturated rings. The lowest BCUT2D eigenvalue weighted by atomic mass is 10.00. The van der Waals surface area contributed by atoms with Gasteiger partial charge in [0.2, 0.25) is 0 Å². The van der Waals surface area contributed by atoms with E-state index in [4.69, 9.17) is 11.6 Å². The Morgan fingerprint density at radius 2 is 2.00 bits per heavy atom. The molecular weight excluding hydrogens is 310 g/mol. The lowest BCUT2D eigenvalue weighted by Crippen LogP contribution is -2.22. The first-order valence-corrected chi connectivity index (χ1v) is 8.04. The fraction of sp³-hybridized carbons (Fsp3) is 0.600. The molecule has 0 amide bonds. The van der Waals surface area contributed by atoms with E-state index in [9.17, 15) is 0 Å². The van der Waals surface area contributed by atoms with Crippen LogP contribution in [-0.4, -0.2) is 6.54 Å². The number of nitrogens with one attached hydrogen (secondary N) is 1. The number of rotatable bonds is 8. The molecule has 0 radical (unpaired) electrons. The summed E-state index contributed by atoms with van der Waals surface area (Å²) in [6.07, 6.45) is 6.12. The molecule has 0 aliphatic rings. The van der Waals surface area contributed by atoms with Crippen LogP contribution < -0.4 is 5.32 Å². The molecule has 0 saturated carbocycles. The minimum Gasteiger partial charge on any atom is -0.310 e. The van der Waals surface area contributed by atoms with Crippen LogP contribution in [-0.2, 0) is 0 Å². The minimum absolute atomic E-state index is 0.386. The molecule has 1 atom stereocenters. The van der Waals surface area contributed by atoms with E-state index in [1.165, 1.54) is 24.8 Å². The monoisotopic (exact) mass is 331 g/mol. The maximum Gasteiger partial charge on any atom is 0.0465 e. The Balaban J connectivity index is 2.73. The van der Waals surface area contributed by atoms with Crippen molar-refractivity contribution >= 4 is 27.5 Å². The average molecular weight is 333 g/mol. The molecule has 1 rings (SSSR count). The Kier molecular flexibility index (Phi) is 7.96. The quantitative estimate of drug-likeness (QED) is 0.600. The van der Waals surface area contributed by atoms with Crippen LogP contribution in [0, 0.1) is 0 Å². The van der Waals surface area contributed by atoms with E-state index in [2.05, 4.69) is 47.2 Å². The summed E-state index contributed by atoms with van der Waals surface area (Å²) < 4.78 is 1.04. The molecule has 1 unspecified atom stereocenters. The molecule has 0 saturated heterocycles. The molecule has 102 valence electrons. The van der Waals surface area contributed by atoms with Gasteiger partial charge in [0.05, 0.1) is 0 Å². The maximum absolute atomic E-state index is 6.35. The Morgan fingerprint density at radius 3 is 2.61 bits per heavy atom. The van der Waals surface area contributed by atoms with Gasteiger partial charge in [-0.15, -0.1) is 0 Å². The third kappa shape index (κ3) is 5.29. The normalized spacial score (nSPS) is 12.7. The molecule has 0 aliphatic carbocycles. The van der Waals surface area contributed by atoms with E-state index in [0.717, 1.165) is 28.9 Å². The van der Waals surface area contributed by atoms with Gasteiger partial charge in [-0.3, -0.25) is 0 Å². The molecule has 1 aromatic carbocycles. The van der Waals surface area contributed by atoms with Gasteiger partial charge in [-0.1, -0.05) is 66.7 Å². The summed E-state index contributed by atoms with van der Waals surface area (Å²) in [6.45, 7) is 5.48. The van der Waals surface area contributed by atoms with Crippen LogP contribution in [0.5, 0.6) is 0 Å². The summed E-state index contributed by atoms with van der Waals surface area (Å²) in [6, 6.07) is 6.57. The highest BCUT2D eigenvalue weighted by Gasteiger charge is 2.13. The Labute approximate surface area is 124 Å². The Hall–Kier alpha value is -0.0500. The standard InChI is InChI=1S/C15H23BrClN/c1-3-5-6-7-15(18-10-4-2)13-9-8-12(16)11-14(13)17/h8-9,11,15,18H,3-7,10H2,1-2H3. The molecule has 1 nitrogen and oxygen atoms in total. The molecule has 0 heterocycles. The molecule has 1 N–H and O–H groups in total. The Morgan fingerprint density at radius 1 is 1.22 bits per heavy atom. The van der Waals surface area contributed by atoms with E-state index in [0.29, 0.717) is 6.04 Å². The summed E-state index contributed by atoms with van der Waals surface area (Å²) in [5.74, 6) is 0. The van der Waals surface area contributed by atoms with Gasteiger partial charge < -0.3 is 5.32 Å². The molecule has 3 heteroatoms. The highest BCUT2D eigenvalue weighted by molar-refractivity contribution is 9.10. The van der Waals surface area contributed by atoms with Crippen molar-refractivity contribution in [2.24, 2.45) is 0 Å². The third-order valence-corrected chi connectivity index (χ3v) is 3.90. The third-order valence-electron chi connectivity index (χ3n) is 3.08. The van der Waals surface area contributed by atoms with Crippen LogP contribution in [0.1, 0.15) is 57.6 Å². The summed E-state index contributed by atoms with van der Waals surface area (Å²) in [5, 5.41) is 4.46. The van der Waals surface area contributed by atoms with E-state index in [-0.39, 0.29) is 0 Å². The van der Waals surface area contributed by atoms with Crippen molar-refractivity contribution < 1.29 is 0 Å². The van der Waals surface area contributed by atoms with Gasteiger partial charge in [-0.2, -0.15) is 0 Å². The van der Waals surface area contributed by atoms with Crippen molar-refractivity contribution in [1.82, 2.24) is 5.32 Å². The second-order valence-corrected chi connectivity index (χ2v) is 5.99. The van der Waals surface area contributed by atoms with Crippen LogP contribution >= 0.6 is 27.5 Å². The predicted octanol–water partition coefficient (Wildman–Crippen LogP) is 5.72. The van der Waals surface area contributed by atoms with Crippen molar-refractivity contribution in [2.45, 2.75) is 52.0 Å². The minimum atomic E-state index is 0.386. The fourth-order valence-corrected chi connectivity index (χ4v) is 2.87. The topological polar surface area (TPSA) is 12.0 Å². The molecule has 0 bridgehead atoms. The van der Waals surface area contributed by atoms with E-state index in [1.54, 1.807) is 0 Å². The summed E-state index contributed by atoms with van der Waals surface area (Å²) in [4.78, 5) is 0. The first-order valence-electron chi connectivity index (χ1n) is 6.87. The van der Waals surface area contributed by atoms with Crippen LogP contribution in [0.25, 0.3) is 0 Å². The van der Waals surface area contributed by atoms with Crippen molar-refractivity contribution in [3.8, 4) is 0 Å². The lowest BCUT2D eigenvalue weighted by molar-refractivity contribution is 0.474. The zero-order valence-corrected chi connectivity index (χ0v) is 13.6. The largest absolute Gasteiger partial charge is 0.310 e. The van der Waals surface area contributed by atoms with Crippen LogP contribution in [0.15, 0.2) is 22.7 Å². The predicted molar refractivity (Wildman–Crippen MR) is 84.3 cm³/mol. The molecule has 0 spiro atoms. The highest BCUT2D eigenvalue weighted by atomic mass is 79.9. The van der Waals surface area contributed by atoms with Gasteiger partial charge in [0.1, 0.15) is 0 Å². The summed E-state index contributed by atoms with van der Waals surface area (Å²) in [7, 11) is 0. The fourth-order valence-electron chi connectivity index (χ4n) is 2.07. The van der Waals surface area contributed by atoms with Gasteiger partial charge in [0.25, 0.3) is 0 Å². The number of halogens is 2. The number of benzene rings is 1. The first kappa shape index (κ1) is 16.0. The highest BCUT2D eigenvalue weighted by Crippen LogP contribution is 2.29. The molecule has 0 aromatic heterocycles. The maximum atomic E-state index is 6.35. The molecular formula is C15H23BrClN. The summed E-state index contributed by atoms with van der Waals surface area (Å²) >= 11 is 9.80. The second-order valence-electron chi connectivity index (χ2n) is 4.67. The van der Waals surface area contributed by atoms with Gasteiger partial charge >= 0.3 is 0 Å². The van der Waals surface area contributed by atoms with Crippen molar-refractivity contribution in [1.29, 1.82) is 0 Å². The Bertz CT molecular complexity index is 354. The number of hydrogen-bond acceptors (Lipinski definition) is 1. The SMILES string of the molecule is CCCCCC(NCCC)c1ccc(Br)cc1Cl. The van der Waals surface area contributed by atoms with E-state index in [1.807, 2.05) is 6.07 Å². The smallest absolute Gasteiger partial charge is 0.0465 e. The van der Waals surface area contributed by atoms with Gasteiger partial charge in [0, 0.05) is 15.5 Å². The number of unbranched alkanes of at least 4 members (excludes halogenated alkanes) is 2. The van der Waals surface area contributed by atoms with Crippen molar-refractivity contribution in [2.75, 3.05) is 6.54 Å². The van der Waals surface area contributed by atoms with Crippen LogP contribution in [0.2, 0.25) is 5.02 Å². The second kappa shape index (κ2) is 8.95. The van der Waals surface area contributed by atoms with Gasteiger partial charge in [-0.05, 0) is 37.1 Å². The molecule has 0 aliphatic heterocycles. The van der Waals surface area contributed by atoms with Gasteiger partial charge in [-0.25, -0.2) is 0 Å². The molecule has 1 aromatic rings. The average Bonchev–Trinajstić information content (AvgIpc) is 2.34. The van der Waals surface area contributed by atoms with Crippen LogP contribution in [0.3, 0.4) is 0 Å². The van der Waals surface area contributed by atoms with E-state index < -0.39 is 0 Å². The summed E-state index contributed by atoms with van der Waals surface area (Å²) in [5.41, 5.74) is 1.23. The van der Waals surface area contributed by atoms with Crippen LogP contribution in [0.4, 0.5) is 0 Å². The first-order chi connectivity index (χ1) is 8.69. The zero-order chi connectivity index (χ0) is 13.4. The van der Waals surface area contributed by atoms with E-state index >= 15 is 0 Å². The molecule has 18 heavy (non-hydrogen) atoms. The number of hydrogen-bond donors (Lipinski definition) is 1. The van der Waals surface area contributed by atoms with Gasteiger partial charge in [0.15, 0.2) is 0 Å². The zero-order valence-electron chi connectivity index (χ0n) is 11.3.